The van der Waals surface area contributed by atoms with Gasteiger partial charge < -0.3 is 35.1 Å². The molecule has 6 heterocycles. The molecule has 13 nitrogen and oxygen atoms in total. The van der Waals surface area contributed by atoms with Crippen LogP contribution in [0.4, 0.5) is 38.4 Å². The number of aromatic nitrogens is 4. The van der Waals surface area contributed by atoms with Crippen molar-refractivity contribution in [1.29, 1.82) is 0 Å². The molecule has 1 unspecified atom stereocenters. The van der Waals surface area contributed by atoms with Crippen LogP contribution in [0.25, 0.3) is 11.0 Å². The minimum atomic E-state index is -4.64. The summed E-state index contributed by atoms with van der Waals surface area (Å²) in [5.74, 6) is -1.51. The maximum absolute atomic E-state index is 15.6. The number of amides is 2. The standard InChI is InChI=1S/C28H30F2N8O4.C3H3F3O/c29-20-15-8-14(9-16(15)21(30)23-22(20)35-24(36-23)17-2-1-5-31-17)11-37-6-3-28(4-7-37)13-38(27(40)42-28)18-10-32-26-25(33-18)34-19(39)12-41-26;1-2(7)3(4,5)6/h10,14,17,31H,1-9,11-13H2,(H,35,36)(H,33,34,39);7H,1H2/t17-;/m0./s1. The lowest BCUT2D eigenvalue weighted by Gasteiger charge is -2.38. The smallest absolute Gasteiger partial charge is 0.448 e. The van der Waals surface area contributed by atoms with E-state index in [1.54, 1.807) is 0 Å². The highest BCUT2D eigenvalue weighted by molar-refractivity contribution is 5.95. The number of likely N-dealkylation sites (tertiary alicyclic amines) is 1. The molecular weight excluding hydrogens is 659 g/mol. The maximum Gasteiger partial charge on any atom is 0.448 e. The number of imidazole rings is 1. The van der Waals surface area contributed by atoms with E-state index in [1.807, 2.05) is 0 Å². The van der Waals surface area contributed by atoms with Crippen LogP contribution in [0.2, 0.25) is 0 Å². The van der Waals surface area contributed by atoms with E-state index in [1.165, 1.54) is 11.1 Å². The van der Waals surface area contributed by atoms with Gasteiger partial charge in [0.15, 0.2) is 35.6 Å². The molecule has 0 saturated carbocycles. The molecule has 0 bridgehead atoms. The normalized spacial score (nSPS) is 22.0. The fourth-order valence-corrected chi connectivity index (χ4v) is 7.11. The first-order valence-electron chi connectivity index (χ1n) is 15.9. The summed E-state index contributed by atoms with van der Waals surface area (Å²) in [5, 5.41) is 13.5. The van der Waals surface area contributed by atoms with Crippen LogP contribution in [0.5, 0.6) is 5.88 Å². The minimum absolute atomic E-state index is 0.00982. The second-order valence-electron chi connectivity index (χ2n) is 13.0. The number of nitrogens with one attached hydrogen (secondary N) is 3. The van der Waals surface area contributed by atoms with E-state index >= 15 is 8.78 Å². The second-order valence-corrected chi connectivity index (χ2v) is 13.0. The third-order valence-corrected chi connectivity index (χ3v) is 9.60. The van der Waals surface area contributed by atoms with E-state index in [-0.39, 0.29) is 58.8 Å². The van der Waals surface area contributed by atoms with Gasteiger partial charge in [-0.2, -0.15) is 13.2 Å². The Balaban J connectivity index is 0.000000491. The Morgan fingerprint density at radius 3 is 2.51 bits per heavy atom. The first kappa shape index (κ1) is 32.9. The first-order chi connectivity index (χ1) is 23.3. The van der Waals surface area contributed by atoms with E-state index in [0.717, 1.165) is 19.4 Å². The number of anilines is 2. The van der Waals surface area contributed by atoms with E-state index in [0.29, 0.717) is 68.8 Å². The molecule has 3 fully saturated rings. The highest BCUT2D eigenvalue weighted by Gasteiger charge is 2.48. The zero-order valence-electron chi connectivity index (χ0n) is 26.1. The fraction of sp³-hybridized carbons (Fsp3) is 0.516. The summed E-state index contributed by atoms with van der Waals surface area (Å²) < 4.78 is 74.7. The van der Waals surface area contributed by atoms with Gasteiger partial charge in [-0.05, 0) is 49.3 Å². The van der Waals surface area contributed by atoms with Crippen molar-refractivity contribution in [3.8, 4) is 5.88 Å². The van der Waals surface area contributed by atoms with Gasteiger partial charge in [0.1, 0.15) is 22.5 Å². The number of allylic oxidation sites excluding steroid dienone is 1. The Kier molecular flexibility index (Phi) is 8.33. The number of alkyl halides is 3. The number of carbonyl (C=O) groups is 2. The number of fused-ring (bicyclic) bond motifs is 3. The third kappa shape index (κ3) is 6.34. The van der Waals surface area contributed by atoms with Crippen molar-refractivity contribution in [3.63, 3.8) is 0 Å². The van der Waals surface area contributed by atoms with E-state index in [4.69, 9.17) is 14.6 Å². The van der Waals surface area contributed by atoms with Gasteiger partial charge in [-0.25, -0.2) is 28.5 Å². The summed E-state index contributed by atoms with van der Waals surface area (Å²) in [6, 6.07) is 0.00982. The topological polar surface area (TPSA) is 158 Å². The molecule has 1 aromatic carbocycles. The summed E-state index contributed by atoms with van der Waals surface area (Å²) in [6.45, 7) is 5.42. The predicted octanol–water partition coefficient (Wildman–Crippen LogP) is 4.21. The maximum atomic E-state index is 15.6. The van der Waals surface area contributed by atoms with Gasteiger partial charge in [-0.15, -0.1) is 0 Å². The zero-order valence-corrected chi connectivity index (χ0v) is 26.1. The third-order valence-electron chi connectivity index (χ3n) is 9.60. The number of nitrogens with zero attached hydrogens (tertiary/aromatic N) is 5. The second kappa shape index (κ2) is 12.4. The summed E-state index contributed by atoms with van der Waals surface area (Å²) in [7, 11) is 0. The molecule has 5 aliphatic rings. The van der Waals surface area contributed by atoms with Crippen LogP contribution in [0.3, 0.4) is 0 Å². The highest BCUT2D eigenvalue weighted by Crippen LogP contribution is 2.40. The van der Waals surface area contributed by atoms with Crippen molar-refractivity contribution < 1.29 is 46.1 Å². The summed E-state index contributed by atoms with van der Waals surface area (Å²) >= 11 is 0. The van der Waals surface area contributed by atoms with Crippen molar-refractivity contribution >= 4 is 34.7 Å². The molecule has 2 atom stereocenters. The van der Waals surface area contributed by atoms with Crippen molar-refractivity contribution in [1.82, 2.24) is 30.2 Å². The molecule has 3 aromatic rings. The number of hydrogen-bond donors (Lipinski definition) is 4. The summed E-state index contributed by atoms with van der Waals surface area (Å²) in [6.07, 6.45) is 0.409. The van der Waals surface area contributed by atoms with Crippen LogP contribution in [-0.2, 0) is 22.4 Å². The monoisotopic (exact) mass is 692 g/mol. The molecule has 8 rings (SSSR count). The van der Waals surface area contributed by atoms with Gasteiger partial charge in [-0.1, -0.05) is 6.58 Å². The van der Waals surface area contributed by atoms with E-state index in [9.17, 15) is 22.8 Å². The number of hydrogen-bond acceptors (Lipinski definition) is 10. The lowest BCUT2D eigenvalue weighted by Crippen LogP contribution is -2.48. The molecule has 2 aromatic heterocycles. The molecule has 1 aliphatic carbocycles. The van der Waals surface area contributed by atoms with Crippen LogP contribution >= 0.6 is 0 Å². The van der Waals surface area contributed by atoms with Gasteiger partial charge in [0.2, 0.25) is 0 Å². The molecule has 2 amide bonds. The van der Waals surface area contributed by atoms with Crippen LogP contribution in [0.1, 0.15) is 48.7 Å². The fourth-order valence-electron chi connectivity index (χ4n) is 7.11. The average molecular weight is 693 g/mol. The number of ether oxygens (including phenoxy) is 2. The number of rotatable bonds is 4. The minimum Gasteiger partial charge on any atom is -0.505 e. The summed E-state index contributed by atoms with van der Waals surface area (Å²) in [4.78, 5) is 44.3. The average Bonchev–Trinajstić information content (AvgIpc) is 3.87. The predicted molar refractivity (Wildman–Crippen MR) is 163 cm³/mol. The molecule has 1 spiro atoms. The molecule has 49 heavy (non-hydrogen) atoms. The SMILES string of the molecule is C=C(O)C(F)(F)F.O=C1COc2ncc(N3CC4(CCN(CC5Cc6c(c(F)c7[nH]c([C@@H]8CCCN8)nc7c6F)C5)CC4)OC3=O)nc2N1. The molecule has 3 saturated heterocycles. The van der Waals surface area contributed by atoms with Crippen molar-refractivity contribution in [2.45, 2.75) is 56.3 Å². The number of benzene rings is 1. The Labute approximate surface area is 275 Å². The molecule has 0 radical (unpaired) electrons. The van der Waals surface area contributed by atoms with Crippen LogP contribution in [0, 0.1) is 17.6 Å². The number of aliphatic hydroxyl groups is 1. The largest absolute Gasteiger partial charge is 0.505 e. The Morgan fingerprint density at radius 2 is 1.84 bits per heavy atom. The highest BCUT2D eigenvalue weighted by atomic mass is 19.4. The van der Waals surface area contributed by atoms with Gasteiger partial charge in [0.25, 0.3) is 11.8 Å². The van der Waals surface area contributed by atoms with Gasteiger partial charge in [0, 0.05) is 32.5 Å². The van der Waals surface area contributed by atoms with Crippen LogP contribution < -0.4 is 20.3 Å². The van der Waals surface area contributed by atoms with Gasteiger partial charge in [-0.3, -0.25) is 9.69 Å². The first-order valence-corrected chi connectivity index (χ1v) is 15.9. The number of piperidine rings is 1. The van der Waals surface area contributed by atoms with Gasteiger partial charge >= 0.3 is 12.3 Å². The quantitative estimate of drug-likeness (QED) is 0.231. The van der Waals surface area contributed by atoms with Crippen molar-refractivity contribution in [2.24, 2.45) is 5.92 Å². The van der Waals surface area contributed by atoms with Crippen molar-refractivity contribution in [3.05, 3.63) is 47.1 Å². The molecule has 4 aliphatic heterocycles. The number of H-pyrrole nitrogens is 1. The molecular formula is C31H33F5N8O5. The van der Waals surface area contributed by atoms with E-state index in [2.05, 4.69) is 42.0 Å². The van der Waals surface area contributed by atoms with Crippen molar-refractivity contribution in [2.75, 3.05) is 49.5 Å². The van der Waals surface area contributed by atoms with Crippen LogP contribution in [0.15, 0.2) is 18.5 Å². The number of carbonyl (C=O) groups excluding carboxylic acids is 2. The molecule has 18 heteroatoms. The van der Waals surface area contributed by atoms with E-state index < -0.39 is 29.4 Å². The lowest BCUT2D eigenvalue weighted by molar-refractivity contribution is -0.120. The number of aliphatic hydroxyl groups excluding tert-OH is 1. The zero-order chi connectivity index (χ0) is 34.7. The Bertz CT molecular complexity index is 1770. The molecule has 262 valence electrons. The summed E-state index contributed by atoms with van der Waals surface area (Å²) in [5.41, 5.74) is 0.520. The van der Waals surface area contributed by atoms with Gasteiger partial charge in [0.05, 0.1) is 18.8 Å². The number of aromatic amines is 1. The Morgan fingerprint density at radius 1 is 1.12 bits per heavy atom. The Hall–Kier alpha value is -4.58. The number of halogens is 5. The lowest BCUT2D eigenvalue weighted by atomic mass is 9.90. The molecule has 4 N–H and O–H groups in total. The van der Waals surface area contributed by atoms with Crippen LogP contribution in [-0.4, -0.2) is 93.1 Å².